The van der Waals surface area contributed by atoms with E-state index in [2.05, 4.69) is 20.9 Å². The van der Waals surface area contributed by atoms with E-state index in [0.29, 0.717) is 5.15 Å². The molecule has 0 N–H and O–H groups in total. The predicted molar refractivity (Wildman–Crippen MR) is 47.9 cm³/mol. The standard InChI is InChI=1S/C7H4BrClN2/c8-5-2-1-3-11-4-10-7(9)6(5)11/h1-4H. The largest absolute Gasteiger partial charge is 0.304 e. The molecule has 0 aliphatic rings. The maximum Gasteiger partial charge on any atom is 0.155 e. The molecule has 2 nitrogen and oxygen atoms in total. The second-order valence-electron chi connectivity index (χ2n) is 2.15. The first-order valence-electron chi connectivity index (χ1n) is 3.06. The van der Waals surface area contributed by atoms with Gasteiger partial charge in [-0.25, -0.2) is 4.98 Å². The predicted octanol–water partition coefficient (Wildman–Crippen LogP) is 2.75. The first kappa shape index (κ1) is 7.13. The molecule has 0 bridgehead atoms. The van der Waals surface area contributed by atoms with Crippen molar-refractivity contribution < 1.29 is 0 Å². The minimum Gasteiger partial charge on any atom is -0.304 e. The van der Waals surface area contributed by atoms with Gasteiger partial charge in [-0.1, -0.05) is 11.6 Å². The van der Waals surface area contributed by atoms with Gasteiger partial charge in [0.05, 0.1) is 5.52 Å². The number of aromatic nitrogens is 2. The summed E-state index contributed by atoms with van der Waals surface area (Å²) in [6.45, 7) is 0. The molecule has 0 aliphatic carbocycles. The van der Waals surface area contributed by atoms with Gasteiger partial charge in [0.15, 0.2) is 5.15 Å². The summed E-state index contributed by atoms with van der Waals surface area (Å²) in [5, 5.41) is 0.525. The average molecular weight is 231 g/mol. The Hall–Kier alpha value is -0.540. The first-order chi connectivity index (χ1) is 5.29. The molecule has 0 radical (unpaired) electrons. The summed E-state index contributed by atoms with van der Waals surface area (Å²) in [6, 6.07) is 3.86. The Labute approximate surface area is 76.9 Å². The van der Waals surface area contributed by atoms with Crippen LogP contribution in [0, 0.1) is 0 Å². The molecule has 0 saturated heterocycles. The molecule has 0 saturated carbocycles. The van der Waals surface area contributed by atoms with Crippen LogP contribution in [0.3, 0.4) is 0 Å². The van der Waals surface area contributed by atoms with Crippen LogP contribution < -0.4 is 0 Å². The van der Waals surface area contributed by atoms with Gasteiger partial charge in [-0.2, -0.15) is 0 Å². The number of halogens is 2. The third-order valence-corrected chi connectivity index (χ3v) is 2.38. The number of fused-ring (bicyclic) bond motifs is 1. The van der Waals surface area contributed by atoms with E-state index in [1.807, 2.05) is 22.7 Å². The van der Waals surface area contributed by atoms with Gasteiger partial charge in [0.2, 0.25) is 0 Å². The van der Waals surface area contributed by atoms with E-state index in [1.165, 1.54) is 0 Å². The lowest BCUT2D eigenvalue weighted by molar-refractivity contribution is 1.15. The summed E-state index contributed by atoms with van der Waals surface area (Å²) in [6.07, 6.45) is 3.58. The Morgan fingerprint density at radius 3 is 3.09 bits per heavy atom. The zero-order valence-corrected chi connectivity index (χ0v) is 7.80. The second-order valence-corrected chi connectivity index (χ2v) is 3.36. The molecule has 2 heterocycles. The lowest BCUT2D eigenvalue weighted by atomic mass is 10.4. The van der Waals surface area contributed by atoms with Gasteiger partial charge in [-0.05, 0) is 28.1 Å². The van der Waals surface area contributed by atoms with Gasteiger partial charge in [0, 0.05) is 10.7 Å². The van der Waals surface area contributed by atoms with Gasteiger partial charge >= 0.3 is 0 Å². The monoisotopic (exact) mass is 230 g/mol. The highest BCUT2D eigenvalue weighted by Crippen LogP contribution is 2.23. The number of rotatable bonds is 0. The van der Waals surface area contributed by atoms with E-state index in [1.54, 1.807) is 6.33 Å². The van der Waals surface area contributed by atoms with E-state index in [4.69, 9.17) is 11.6 Å². The molecule has 0 unspecified atom stereocenters. The van der Waals surface area contributed by atoms with Gasteiger partial charge in [0.1, 0.15) is 6.33 Å². The number of nitrogens with zero attached hydrogens (tertiary/aromatic N) is 2. The van der Waals surface area contributed by atoms with Crippen LogP contribution in [0.25, 0.3) is 5.52 Å². The maximum absolute atomic E-state index is 5.82. The highest BCUT2D eigenvalue weighted by molar-refractivity contribution is 9.10. The smallest absolute Gasteiger partial charge is 0.155 e. The van der Waals surface area contributed by atoms with Gasteiger partial charge in [-0.3, -0.25) is 0 Å². The van der Waals surface area contributed by atoms with E-state index >= 15 is 0 Å². The number of imidazole rings is 1. The first-order valence-corrected chi connectivity index (χ1v) is 4.23. The second kappa shape index (κ2) is 2.50. The van der Waals surface area contributed by atoms with Crippen molar-refractivity contribution in [3.63, 3.8) is 0 Å². The fourth-order valence-electron chi connectivity index (χ4n) is 0.972. The highest BCUT2D eigenvalue weighted by atomic mass is 79.9. The van der Waals surface area contributed by atoms with Crippen LogP contribution in [0.4, 0.5) is 0 Å². The van der Waals surface area contributed by atoms with Crippen molar-refractivity contribution in [1.29, 1.82) is 0 Å². The highest BCUT2D eigenvalue weighted by Gasteiger charge is 2.03. The van der Waals surface area contributed by atoms with Crippen molar-refractivity contribution >= 4 is 33.0 Å². The normalized spacial score (nSPS) is 10.7. The van der Waals surface area contributed by atoms with E-state index in [0.717, 1.165) is 9.99 Å². The van der Waals surface area contributed by atoms with Crippen LogP contribution in [0.5, 0.6) is 0 Å². The Morgan fingerprint density at radius 1 is 1.55 bits per heavy atom. The number of hydrogen-bond donors (Lipinski definition) is 0. The van der Waals surface area contributed by atoms with Crippen molar-refractivity contribution in [2.75, 3.05) is 0 Å². The van der Waals surface area contributed by atoms with Crippen LogP contribution in [0.2, 0.25) is 5.15 Å². The quantitative estimate of drug-likeness (QED) is 0.681. The number of pyridine rings is 1. The SMILES string of the molecule is Clc1ncn2cccc(Br)c12. The van der Waals surface area contributed by atoms with Crippen molar-refractivity contribution in [3.8, 4) is 0 Å². The van der Waals surface area contributed by atoms with E-state index < -0.39 is 0 Å². The zero-order chi connectivity index (χ0) is 7.84. The third-order valence-electron chi connectivity index (χ3n) is 1.46. The Bertz CT molecular complexity index is 396. The minimum absolute atomic E-state index is 0.525. The summed E-state index contributed by atoms with van der Waals surface area (Å²) in [5.74, 6) is 0. The number of hydrogen-bond acceptors (Lipinski definition) is 1. The van der Waals surface area contributed by atoms with Crippen LogP contribution in [0.1, 0.15) is 0 Å². The summed E-state index contributed by atoms with van der Waals surface area (Å²) >= 11 is 9.20. The molecule has 4 heteroatoms. The molecule has 2 aromatic rings. The molecule has 0 spiro atoms. The molecule has 0 atom stereocenters. The molecule has 0 amide bonds. The van der Waals surface area contributed by atoms with Crippen LogP contribution >= 0.6 is 27.5 Å². The summed E-state index contributed by atoms with van der Waals surface area (Å²) in [5.41, 5.74) is 0.911. The Morgan fingerprint density at radius 2 is 2.36 bits per heavy atom. The van der Waals surface area contributed by atoms with Crippen LogP contribution in [-0.2, 0) is 0 Å². The molecular formula is C7H4BrClN2. The summed E-state index contributed by atoms with van der Waals surface area (Å²) < 4.78 is 2.83. The van der Waals surface area contributed by atoms with Gasteiger partial charge in [0.25, 0.3) is 0 Å². The van der Waals surface area contributed by atoms with Crippen molar-refractivity contribution in [2.45, 2.75) is 0 Å². The molecule has 0 fully saturated rings. The molecule has 2 rings (SSSR count). The Kier molecular flexibility index (Phi) is 1.62. The van der Waals surface area contributed by atoms with Crippen molar-refractivity contribution in [2.24, 2.45) is 0 Å². The van der Waals surface area contributed by atoms with E-state index in [-0.39, 0.29) is 0 Å². The molecule has 2 aromatic heterocycles. The average Bonchev–Trinajstić information content (AvgIpc) is 2.34. The molecule has 11 heavy (non-hydrogen) atoms. The minimum atomic E-state index is 0.525. The summed E-state index contributed by atoms with van der Waals surface area (Å²) in [4.78, 5) is 3.95. The third kappa shape index (κ3) is 1.04. The topological polar surface area (TPSA) is 17.3 Å². The van der Waals surface area contributed by atoms with Crippen LogP contribution in [0.15, 0.2) is 29.1 Å². The summed E-state index contributed by atoms with van der Waals surface area (Å²) in [7, 11) is 0. The zero-order valence-electron chi connectivity index (χ0n) is 5.46. The van der Waals surface area contributed by atoms with E-state index in [9.17, 15) is 0 Å². The fourth-order valence-corrected chi connectivity index (χ4v) is 1.87. The Balaban J connectivity index is 2.96. The molecular weight excluding hydrogens is 227 g/mol. The molecule has 0 aromatic carbocycles. The van der Waals surface area contributed by atoms with Crippen LogP contribution in [-0.4, -0.2) is 9.38 Å². The lowest BCUT2D eigenvalue weighted by Crippen LogP contribution is -1.79. The molecule has 0 aliphatic heterocycles. The lowest BCUT2D eigenvalue weighted by Gasteiger charge is -1.94. The van der Waals surface area contributed by atoms with Crippen molar-refractivity contribution in [3.05, 3.63) is 34.3 Å². The fraction of sp³-hybridized carbons (Fsp3) is 0. The van der Waals surface area contributed by atoms with Gasteiger partial charge < -0.3 is 4.40 Å². The van der Waals surface area contributed by atoms with Gasteiger partial charge in [-0.15, -0.1) is 0 Å². The van der Waals surface area contributed by atoms with Crippen molar-refractivity contribution in [1.82, 2.24) is 9.38 Å². The maximum atomic E-state index is 5.82. The molecule has 56 valence electrons.